The van der Waals surface area contributed by atoms with E-state index in [0.29, 0.717) is 11.6 Å². The molecule has 30 heavy (non-hydrogen) atoms. The second kappa shape index (κ2) is 10.7. The quantitative estimate of drug-likeness (QED) is 0.338. The van der Waals surface area contributed by atoms with Gasteiger partial charge in [-0.05, 0) is 25.7 Å². The Balaban J connectivity index is 1.53. The van der Waals surface area contributed by atoms with Crippen LogP contribution >= 0.6 is 94.1 Å². The monoisotopic (exact) mass is 552 g/mol. The van der Waals surface area contributed by atoms with E-state index in [1.165, 1.54) is 25.4 Å². The Bertz CT molecular complexity index is 718. The normalized spacial score (nSPS) is 34.9. The van der Waals surface area contributed by atoms with Gasteiger partial charge in [0.15, 0.2) is 11.6 Å². The lowest BCUT2D eigenvalue weighted by Crippen LogP contribution is -2.26. The highest BCUT2D eigenvalue weighted by molar-refractivity contribution is 8.45. The van der Waals surface area contributed by atoms with Gasteiger partial charge in [-0.2, -0.15) is 0 Å². The fraction of sp³-hybridized carbons (Fsp3) is 0.600. The van der Waals surface area contributed by atoms with Gasteiger partial charge in [0.2, 0.25) is 0 Å². The topological polar surface area (TPSA) is 34.1 Å². The molecule has 164 valence electrons. The summed E-state index contributed by atoms with van der Waals surface area (Å²) in [6, 6.07) is 0. The largest absolute Gasteiger partial charge is 0.297 e. The van der Waals surface area contributed by atoms with Crippen molar-refractivity contribution in [3.05, 3.63) is 25.4 Å². The van der Waals surface area contributed by atoms with Crippen LogP contribution in [0.25, 0.3) is 0 Å². The highest BCUT2D eigenvalue weighted by Gasteiger charge is 2.40. The van der Waals surface area contributed by atoms with Gasteiger partial charge in [0.1, 0.15) is 0 Å². The maximum Gasteiger partial charge on any atom is 0.159 e. The van der Waals surface area contributed by atoms with Crippen molar-refractivity contribution in [3.8, 4) is 0 Å². The maximum absolute atomic E-state index is 12.8. The molecule has 0 bridgehead atoms. The Morgan fingerprint density at radius 1 is 0.467 bits per heavy atom. The molecule has 0 aromatic heterocycles. The highest BCUT2D eigenvalue weighted by atomic mass is 32.3. The Morgan fingerprint density at radius 2 is 0.700 bits per heavy atom. The highest BCUT2D eigenvalue weighted by Crippen LogP contribution is 2.68. The maximum atomic E-state index is 12.8. The van der Waals surface area contributed by atoms with E-state index in [2.05, 4.69) is 27.7 Å². The molecular weight excluding hydrogens is 529 g/mol. The standard InChI is InChI=1S/C20H24O2S8/c1-5-9-13(21)10(6-2)24-16-15(23-9)27-19(28-16)20-29-17-18(30-20)26-12(8-4)14(22)11(7-3)25-17/h9-12H,5-8H2,1-4H3/t9-,10+,11-,12+. The van der Waals surface area contributed by atoms with Crippen LogP contribution in [0.2, 0.25) is 0 Å². The molecule has 4 rings (SSSR count). The van der Waals surface area contributed by atoms with Gasteiger partial charge in [-0.3, -0.25) is 9.59 Å². The zero-order valence-corrected chi connectivity index (χ0v) is 23.8. The van der Waals surface area contributed by atoms with E-state index in [1.807, 2.05) is 47.0 Å². The fourth-order valence-electron chi connectivity index (χ4n) is 3.30. The minimum atomic E-state index is 0.0823. The van der Waals surface area contributed by atoms with Gasteiger partial charge in [0.25, 0.3) is 0 Å². The summed E-state index contributed by atoms with van der Waals surface area (Å²) in [6.07, 6.45) is 3.58. The lowest BCUT2D eigenvalue weighted by molar-refractivity contribution is -0.118. The number of hydrogen-bond acceptors (Lipinski definition) is 10. The third kappa shape index (κ3) is 4.91. The Hall–Kier alpha value is 1.36. The molecule has 0 amide bonds. The molecule has 0 fully saturated rings. The molecule has 0 aromatic rings. The van der Waals surface area contributed by atoms with Gasteiger partial charge < -0.3 is 0 Å². The van der Waals surface area contributed by atoms with Crippen molar-refractivity contribution in [3.63, 3.8) is 0 Å². The summed E-state index contributed by atoms with van der Waals surface area (Å²) >= 11 is 14.6. The van der Waals surface area contributed by atoms with Crippen LogP contribution in [0.3, 0.4) is 0 Å². The van der Waals surface area contributed by atoms with Crippen molar-refractivity contribution < 1.29 is 9.59 Å². The summed E-state index contributed by atoms with van der Waals surface area (Å²) in [7, 11) is 0. The fourth-order valence-corrected chi connectivity index (χ4v) is 16.3. The Labute approximate surface area is 213 Å². The van der Waals surface area contributed by atoms with E-state index in [-0.39, 0.29) is 21.0 Å². The summed E-state index contributed by atoms with van der Waals surface area (Å²) in [5.41, 5.74) is 0. The molecule has 0 spiro atoms. The summed E-state index contributed by atoms with van der Waals surface area (Å²) in [4.78, 5) is 25.6. The van der Waals surface area contributed by atoms with Gasteiger partial charge >= 0.3 is 0 Å². The first kappa shape index (κ1) is 24.5. The molecule has 0 aromatic carbocycles. The average Bonchev–Trinajstić information content (AvgIpc) is 3.28. The second-order valence-corrected chi connectivity index (χ2v) is 17.5. The molecular formula is C20H24O2S8. The smallest absolute Gasteiger partial charge is 0.159 e. The van der Waals surface area contributed by atoms with Crippen LogP contribution in [0.1, 0.15) is 53.4 Å². The van der Waals surface area contributed by atoms with Crippen LogP contribution in [0.15, 0.2) is 25.4 Å². The average molecular weight is 553 g/mol. The van der Waals surface area contributed by atoms with E-state index < -0.39 is 0 Å². The Kier molecular flexibility index (Phi) is 8.77. The molecule has 2 nitrogen and oxygen atoms in total. The van der Waals surface area contributed by atoms with Crippen molar-refractivity contribution in [1.29, 1.82) is 0 Å². The lowest BCUT2D eigenvalue weighted by atomic mass is 10.1. The van der Waals surface area contributed by atoms with Gasteiger partial charge in [0.05, 0.1) is 46.4 Å². The molecule has 4 atom stereocenters. The van der Waals surface area contributed by atoms with Crippen molar-refractivity contribution in [1.82, 2.24) is 0 Å². The van der Waals surface area contributed by atoms with E-state index in [9.17, 15) is 9.59 Å². The lowest BCUT2D eigenvalue weighted by Gasteiger charge is -2.17. The predicted molar refractivity (Wildman–Crippen MR) is 148 cm³/mol. The van der Waals surface area contributed by atoms with Gasteiger partial charge in [-0.25, -0.2) is 0 Å². The van der Waals surface area contributed by atoms with Crippen LogP contribution in [0.5, 0.6) is 0 Å². The first-order valence-electron chi connectivity index (χ1n) is 10.2. The van der Waals surface area contributed by atoms with Crippen LogP contribution in [0, 0.1) is 0 Å². The van der Waals surface area contributed by atoms with Gasteiger partial charge in [-0.1, -0.05) is 74.7 Å². The first-order chi connectivity index (χ1) is 14.5. The summed E-state index contributed by atoms with van der Waals surface area (Å²) < 4.78 is 7.99. The molecule has 0 saturated carbocycles. The number of hydrogen-bond donors (Lipinski definition) is 0. The zero-order valence-electron chi connectivity index (χ0n) is 17.2. The van der Waals surface area contributed by atoms with Crippen LogP contribution in [-0.4, -0.2) is 32.6 Å². The van der Waals surface area contributed by atoms with Crippen molar-refractivity contribution in [2.24, 2.45) is 0 Å². The minimum Gasteiger partial charge on any atom is -0.297 e. The third-order valence-electron chi connectivity index (χ3n) is 4.99. The SMILES string of the molecule is CC[C@@H]1SC2=C(SC(=C3SC4=C(S3)S[C@H](CC)C(=O)[C@H](CC)S4)S2)S[C@H](CC)C1=O. The van der Waals surface area contributed by atoms with Crippen molar-refractivity contribution in [2.45, 2.75) is 74.4 Å². The van der Waals surface area contributed by atoms with Crippen LogP contribution in [0.4, 0.5) is 0 Å². The number of carbonyl (C=O) groups is 2. The molecule has 0 aliphatic carbocycles. The minimum absolute atomic E-state index is 0.0823. The molecule has 0 N–H and O–H groups in total. The van der Waals surface area contributed by atoms with E-state index in [4.69, 9.17) is 0 Å². The van der Waals surface area contributed by atoms with Gasteiger partial charge in [0, 0.05) is 0 Å². The molecule has 0 radical (unpaired) electrons. The number of ketones is 2. The summed E-state index contributed by atoms with van der Waals surface area (Å²) in [5, 5.41) is 0.329. The van der Waals surface area contributed by atoms with Crippen molar-refractivity contribution in [2.75, 3.05) is 0 Å². The summed E-state index contributed by atoms with van der Waals surface area (Å²) in [6.45, 7) is 8.49. The zero-order chi connectivity index (χ0) is 21.4. The predicted octanol–water partition coefficient (Wildman–Crippen LogP) is 8.54. The Morgan fingerprint density at radius 3 is 0.900 bits per heavy atom. The number of Topliss-reactive ketones (excluding diaryl/α,β-unsaturated/α-hetero) is 2. The third-order valence-corrected chi connectivity index (χ3v) is 17.9. The molecule has 4 aliphatic heterocycles. The van der Waals surface area contributed by atoms with E-state index in [0.717, 1.165) is 25.7 Å². The van der Waals surface area contributed by atoms with E-state index >= 15 is 0 Å². The van der Waals surface area contributed by atoms with Crippen LogP contribution < -0.4 is 0 Å². The molecule has 4 heterocycles. The number of carbonyl (C=O) groups excluding carboxylic acids is 2. The van der Waals surface area contributed by atoms with Crippen LogP contribution in [-0.2, 0) is 9.59 Å². The second-order valence-electron chi connectivity index (χ2n) is 7.00. The molecule has 4 aliphatic rings. The molecule has 0 saturated heterocycles. The summed E-state index contributed by atoms with van der Waals surface area (Å²) in [5.74, 6) is 0.818. The number of thioether (sulfide) groups is 8. The molecule has 10 heteroatoms. The van der Waals surface area contributed by atoms with E-state index in [1.54, 1.807) is 47.0 Å². The molecule has 0 unspecified atom stereocenters. The van der Waals surface area contributed by atoms with Gasteiger partial charge in [-0.15, -0.1) is 47.0 Å². The number of rotatable bonds is 4. The van der Waals surface area contributed by atoms with Crippen molar-refractivity contribution >= 4 is 106 Å². The first-order valence-corrected chi connectivity index (χ1v) is 17.0.